The van der Waals surface area contributed by atoms with Gasteiger partial charge in [0.2, 0.25) is 5.91 Å². The average Bonchev–Trinajstić information content (AvgIpc) is 2.58. The van der Waals surface area contributed by atoms with Gasteiger partial charge in [0.25, 0.3) is 0 Å². The summed E-state index contributed by atoms with van der Waals surface area (Å²) in [7, 11) is 1.98. The number of carbonyl (C=O) groups excluding carboxylic acids is 1. The number of anilines is 1. The molecule has 0 atom stereocenters. The quantitative estimate of drug-likeness (QED) is 0.313. The highest BCUT2D eigenvalue weighted by Crippen LogP contribution is 2.41. The Labute approximate surface area is 208 Å². The summed E-state index contributed by atoms with van der Waals surface area (Å²) in [5.74, 6) is 0.0691. The number of amides is 1. The normalized spacial score (nSPS) is 13.8. The van der Waals surface area contributed by atoms with Gasteiger partial charge in [-0.3, -0.25) is 9.63 Å². The van der Waals surface area contributed by atoms with Gasteiger partial charge >= 0.3 is 0 Å². The first kappa shape index (κ1) is 30.0. The Kier molecular flexibility index (Phi) is 10.1. The molecule has 4 nitrogen and oxygen atoms in total. The summed E-state index contributed by atoms with van der Waals surface area (Å²) < 4.78 is 0.143. The van der Waals surface area contributed by atoms with Crippen molar-refractivity contribution in [3.05, 3.63) is 29.8 Å². The Morgan fingerprint density at radius 3 is 1.94 bits per heavy atom. The molecule has 0 bridgehead atoms. The number of hydrogen-bond acceptors (Lipinski definition) is 4. The first-order valence-electron chi connectivity index (χ1n) is 12.3. The van der Waals surface area contributed by atoms with E-state index in [1.165, 1.54) is 5.56 Å². The predicted octanol–water partition coefficient (Wildman–Crippen LogP) is 7.68. The van der Waals surface area contributed by atoms with E-state index >= 15 is 0 Å². The molecule has 1 aromatic rings. The Hall–Kier alpha value is -1.04. The lowest BCUT2D eigenvalue weighted by Gasteiger charge is -2.44. The molecule has 0 aliphatic heterocycles. The SMILES string of the molecule is CC(C)SC(C)(C)CC(C)(C)CC(=O)Nc1ccc(C(C)(C)C(C)(C)ON(C)C(C)C)cc1. The van der Waals surface area contributed by atoms with Gasteiger partial charge in [0.15, 0.2) is 0 Å². The zero-order valence-electron chi connectivity index (χ0n) is 23.6. The highest BCUT2D eigenvalue weighted by Gasteiger charge is 2.41. The molecule has 0 heterocycles. The second-order valence-corrected chi connectivity index (χ2v) is 14.7. The van der Waals surface area contributed by atoms with Crippen molar-refractivity contribution in [3.8, 4) is 0 Å². The third kappa shape index (κ3) is 9.26. The van der Waals surface area contributed by atoms with Crippen LogP contribution in [0.3, 0.4) is 0 Å². The molecule has 0 aliphatic carbocycles. The van der Waals surface area contributed by atoms with E-state index in [1.54, 1.807) is 0 Å². The molecule has 0 saturated carbocycles. The van der Waals surface area contributed by atoms with Crippen molar-refractivity contribution in [2.45, 2.75) is 123 Å². The summed E-state index contributed by atoms with van der Waals surface area (Å²) >= 11 is 1.98. The van der Waals surface area contributed by atoms with E-state index in [0.717, 1.165) is 12.1 Å². The van der Waals surface area contributed by atoms with Crippen molar-refractivity contribution in [3.63, 3.8) is 0 Å². The minimum Gasteiger partial charge on any atom is -0.326 e. The molecule has 0 unspecified atom stereocenters. The molecular weight excluding hydrogens is 428 g/mol. The van der Waals surface area contributed by atoms with Crippen molar-refractivity contribution in [2.75, 3.05) is 12.4 Å². The second kappa shape index (κ2) is 11.1. The van der Waals surface area contributed by atoms with Crippen LogP contribution in [0.25, 0.3) is 0 Å². The van der Waals surface area contributed by atoms with E-state index in [2.05, 4.69) is 101 Å². The Morgan fingerprint density at radius 2 is 1.48 bits per heavy atom. The number of hydrogen-bond donors (Lipinski definition) is 1. The maximum absolute atomic E-state index is 12.8. The number of rotatable bonds is 12. The number of nitrogens with zero attached hydrogens (tertiary/aromatic N) is 1. The molecule has 0 aromatic heterocycles. The number of hydroxylamine groups is 2. The fourth-order valence-electron chi connectivity index (χ4n) is 4.43. The number of benzene rings is 1. The molecular formula is C28H50N2O2S. The highest BCUT2D eigenvalue weighted by atomic mass is 32.2. The predicted molar refractivity (Wildman–Crippen MR) is 146 cm³/mol. The summed E-state index contributed by atoms with van der Waals surface area (Å²) in [4.78, 5) is 19.1. The minimum atomic E-state index is -0.401. The van der Waals surface area contributed by atoms with Crippen molar-refractivity contribution < 1.29 is 9.63 Å². The van der Waals surface area contributed by atoms with Crippen LogP contribution >= 0.6 is 11.8 Å². The van der Waals surface area contributed by atoms with Crippen LogP contribution in [0.15, 0.2) is 24.3 Å². The standard InChI is InChI=1S/C28H50N2O2S/c1-20(2)30(13)32-28(11,12)27(9,10)22-14-16-23(17-15-22)29-24(31)18-25(5,6)19-26(7,8)33-21(3)4/h14-17,20-21H,18-19H2,1-13H3,(H,29,31). The lowest BCUT2D eigenvalue weighted by molar-refractivity contribution is -0.255. The first-order chi connectivity index (χ1) is 14.8. The van der Waals surface area contributed by atoms with Gasteiger partial charge in [0, 0.05) is 35.4 Å². The molecule has 1 aromatic carbocycles. The van der Waals surface area contributed by atoms with Crippen molar-refractivity contribution in [2.24, 2.45) is 5.41 Å². The summed E-state index contributed by atoms with van der Waals surface area (Å²) in [5, 5.41) is 5.60. The lowest BCUT2D eigenvalue weighted by atomic mass is 9.72. The topological polar surface area (TPSA) is 41.6 Å². The maximum atomic E-state index is 12.8. The van der Waals surface area contributed by atoms with Gasteiger partial charge in [-0.15, -0.1) is 0 Å². The fourth-order valence-corrected chi connectivity index (χ4v) is 6.18. The van der Waals surface area contributed by atoms with Crippen LogP contribution in [0.1, 0.15) is 101 Å². The smallest absolute Gasteiger partial charge is 0.224 e. The molecule has 1 N–H and O–H groups in total. The van der Waals surface area contributed by atoms with E-state index in [1.807, 2.05) is 36.0 Å². The number of carbonyl (C=O) groups is 1. The minimum absolute atomic E-state index is 0.0682. The van der Waals surface area contributed by atoms with Gasteiger partial charge in [0.1, 0.15) is 0 Å². The zero-order valence-corrected chi connectivity index (χ0v) is 24.4. The average molecular weight is 479 g/mol. The first-order valence-corrected chi connectivity index (χ1v) is 13.2. The van der Waals surface area contributed by atoms with E-state index in [4.69, 9.17) is 4.84 Å². The van der Waals surface area contributed by atoms with Crippen LogP contribution in [0, 0.1) is 5.41 Å². The van der Waals surface area contributed by atoms with Gasteiger partial charge in [-0.05, 0) is 62.5 Å². The molecule has 0 fully saturated rings. The van der Waals surface area contributed by atoms with Gasteiger partial charge < -0.3 is 5.32 Å². The van der Waals surface area contributed by atoms with Crippen molar-refractivity contribution in [1.82, 2.24) is 5.06 Å². The Bertz CT molecular complexity index is 765. The maximum Gasteiger partial charge on any atom is 0.224 e. The molecule has 1 rings (SSSR count). The third-order valence-electron chi connectivity index (χ3n) is 6.59. The highest BCUT2D eigenvalue weighted by molar-refractivity contribution is 8.01. The summed E-state index contributed by atoms with van der Waals surface area (Å²) in [6.45, 7) is 26.3. The van der Waals surface area contributed by atoms with Crippen LogP contribution < -0.4 is 5.32 Å². The molecule has 0 radical (unpaired) electrons. The van der Waals surface area contributed by atoms with Gasteiger partial charge in [-0.25, -0.2) is 0 Å². The monoisotopic (exact) mass is 478 g/mol. The van der Waals surface area contributed by atoms with E-state index in [0.29, 0.717) is 17.7 Å². The number of nitrogens with one attached hydrogen (secondary N) is 1. The largest absolute Gasteiger partial charge is 0.326 e. The molecule has 190 valence electrons. The zero-order chi connectivity index (χ0) is 25.8. The third-order valence-corrected chi connectivity index (χ3v) is 7.85. The van der Waals surface area contributed by atoms with Crippen LogP contribution in [-0.2, 0) is 15.0 Å². The van der Waals surface area contributed by atoms with Crippen LogP contribution in [0.2, 0.25) is 0 Å². The second-order valence-electron chi connectivity index (χ2n) is 12.4. The summed E-state index contributed by atoms with van der Waals surface area (Å²) in [5.41, 5.74) is 1.32. The lowest BCUT2D eigenvalue weighted by Crippen LogP contribution is -2.49. The summed E-state index contributed by atoms with van der Waals surface area (Å²) in [6.07, 6.45) is 1.49. The van der Waals surface area contributed by atoms with E-state index < -0.39 is 5.60 Å². The fraction of sp³-hybridized carbons (Fsp3) is 0.750. The van der Waals surface area contributed by atoms with Gasteiger partial charge in [0.05, 0.1) is 5.60 Å². The Balaban J connectivity index is 2.84. The molecule has 0 aliphatic rings. The molecule has 0 saturated heterocycles. The van der Waals surface area contributed by atoms with Crippen LogP contribution in [-0.4, -0.2) is 39.7 Å². The summed E-state index contributed by atoms with van der Waals surface area (Å²) in [6, 6.07) is 8.51. The molecule has 0 spiro atoms. The molecule has 1 amide bonds. The van der Waals surface area contributed by atoms with Gasteiger partial charge in [-0.1, -0.05) is 67.5 Å². The molecule has 5 heteroatoms. The number of thioether (sulfide) groups is 1. The van der Waals surface area contributed by atoms with Crippen LogP contribution in [0.5, 0.6) is 0 Å². The van der Waals surface area contributed by atoms with Crippen molar-refractivity contribution in [1.29, 1.82) is 0 Å². The van der Waals surface area contributed by atoms with Crippen molar-refractivity contribution >= 4 is 23.4 Å². The molecule has 33 heavy (non-hydrogen) atoms. The van der Waals surface area contributed by atoms with E-state index in [-0.39, 0.29) is 21.5 Å². The van der Waals surface area contributed by atoms with Crippen LogP contribution in [0.4, 0.5) is 5.69 Å². The van der Waals surface area contributed by atoms with E-state index in [9.17, 15) is 4.79 Å². The van der Waals surface area contributed by atoms with Gasteiger partial charge in [-0.2, -0.15) is 16.8 Å². The Morgan fingerprint density at radius 1 is 0.970 bits per heavy atom.